The monoisotopic (exact) mass is 527 g/mol. The second kappa shape index (κ2) is 13.6. The number of ether oxygens (including phenoxy) is 2. The van der Waals surface area contributed by atoms with Gasteiger partial charge in [-0.05, 0) is 69.9 Å². The zero-order chi connectivity index (χ0) is 27.5. The van der Waals surface area contributed by atoms with E-state index in [0.29, 0.717) is 49.4 Å². The van der Waals surface area contributed by atoms with Crippen LogP contribution in [0.4, 0.5) is 4.79 Å². The van der Waals surface area contributed by atoms with Crippen molar-refractivity contribution in [2.45, 2.75) is 52.1 Å². The van der Waals surface area contributed by atoms with Crippen molar-refractivity contribution >= 4 is 23.7 Å². The standard InChI is InChI=1S/C28H37N3O7/c1-28(2,3)38-27(35)31-15-13-30(14-16-31)25(33)20-37-29-22-10-8-6-4-5-7-9-17-36-26(34)24-12-11-23(32)19-21(24)18-22/h5,7-8,10-12,19,32H,4,6,9,13-18,20H2,1-3H3/b7-5+,10-8+,29-22+. The number of oxime groups is 1. The van der Waals surface area contributed by atoms with Gasteiger partial charge in [-0.2, -0.15) is 0 Å². The molecule has 1 aromatic carbocycles. The minimum atomic E-state index is -0.576. The smallest absolute Gasteiger partial charge is 0.410 e. The number of esters is 1. The van der Waals surface area contributed by atoms with E-state index in [1.807, 2.05) is 39.0 Å². The van der Waals surface area contributed by atoms with Crippen LogP contribution in [0, 0.1) is 0 Å². The van der Waals surface area contributed by atoms with Gasteiger partial charge in [0.15, 0.2) is 6.61 Å². The molecule has 2 aliphatic heterocycles. The first-order chi connectivity index (χ1) is 18.1. The molecular weight excluding hydrogens is 490 g/mol. The molecule has 2 aliphatic rings. The maximum absolute atomic E-state index is 12.7. The van der Waals surface area contributed by atoms with Crippen LogP contribution in [0.2, 0.25) is 0 Å². The lowest BCUT2D eigenvalue weighted by atomic mass is 10.0. The maximum atomic E-state index is 12.7. The van der Waals surface area contributed by atoms with Crippen molar-refractivity contribution < 1.29 is 33.8 Å². The molecule has 10 nitrogen and oxygen atoms in total. The van der Waals surface area contributed by atoms with E-state index in [2.05, 4.69) is 5.16 Å². The first-order valence-corrected chi connectivity index (χ1v) is 12.9. The molecule has 0 radical (unpaired) electrons. The van der Waals surface area contributed by atoms with Gasteiger partial charge in [0.05, 0.1) is 17.9 Å². The van der Waals surface area contributed by atoms with E-state index >= 15 is 0 Å². The van der Waals surface area contributed by atoms with Crippen molar-refractivity contribution in [2.75, 3.05) is 39.4 Å². The molecule has 2 amide bonds. The Kier molecular flexibility index (Phi) is 10.3. The summed E-state index contributed by atoms with van der Waals surface area (Å²) in [7, 11) is 0. The van der Waals surface area contributed by atoms with Gasteiger partial charge >= 0.3 is 12.1 Å². The molecule has 38 heavy (non-hydrogen) atoms. The number of phenolic OH excluding ortho intramolecular Hbond substituents is 1. The summed E-state index contributed by atoms with van der Waals surface area (Å²) in [6, 6.07) is 4.46. The summed E-state index contributed by atoms with van der Waals surface area (Å²) < 4.78 is 10.8. The van der Waals surface area contributed by atoms with Crippen molar-refractivity contribution in [3.63, 3.8) is 0 Å². The van der Waals surface area contributed by atoms with E-state index in [-0.39, 0.29) is 31.3 Å². The molecular formula is C28H37N3O7. The number of benzene rings is 1. The molecule has 1 aromatic rings. The van der Waals surface area contributed by atoms with Crippen LogP contribution in [0.5, 0.6) is 5.75 Å². The van der Waals surface area contributed by atoms with Crippen molar-refractivity contribution in [3.05, 3.63) is 53.6 Å². The maximum Gasteiger partial charge on any atom is 0.410 e. The topological polar surface area (TPSA) is 118 Å². The third-order valence-corrected chi connectivity index (χ3v) is 5.83. The number of aromatic hydroxyl groups is 1. The molecule has 0 bridgehead atoms. The summed E-state index contributed by atoms with van der Waals surface area (Å²) >= 11 is 0. The number of phenols is 1. The number of carbonyl (C=O) groups is 3. The summed E-state index contributed by atoms with van der Waals surface area (Å²) in [4.78, 5) is 46.2. The second-order valence-electron chi connectivity index (χ2n) is 10.1. The number of fused-ring (bicyclic) bond motifs is 1. The van der Waals surface area contributed by atoms with Crippen LogP contribution in [0.3, 0.4) is 0 Å². The van der Waals surface area contributed by atoms with Crippen LogP contribution < -0.4 is 0 Å². The first-order valence-electron chi connectivity index (χ1n) is 12.9. The van der Waals surface area contributed by atoms with Crippen LogP contribution >= 0.6 is 0 Å². The van der Waals surface area contributed by atoms with Gasteiger partial charge in [-0.15, -0.1) is 0 Å². The van der Waals surface area contributed by atoms with E-state index in [9.17, 15) is 19.5 Å². The molecule has 0 unspecified atom stereocenters. The molecule has 0 atom stereocenters. The van der Waals surface area contributed by atoms with Crippen molar-refractivity contribution in [2.24, 2.45) is 5.16 Å². The molecule has 1 N–H and O–H groups in total. The van der Waals surface area contributed by atoms with Crippen molar-refractivity contribution in [1.29, 1.82) is 0 Å². The van der Waals surface area contributed by atoms with E-state index in [1.54, 1.807) is 15.9 Å². The highest BCUT2D eigenvalue weighted by Gasteiger charge is 2.27. The molecule has 0 aromatic heterocycles. The average Bonchev–Trinajstić information content (AvgIpc) is 2.86. The van der Waals surface area contributed by atoms with Gasteiger partial charge in [0.1, 0.15) is 11.4 Å². The zero-order valence-electron chi connectivity index (χ0n) is 22.4. The highest BCUT2D eigenvalue weighted by atomic mass is 16.6. The first kappa shape index (κ1) is 28.7. The molecule has 206 valence electrons. The van der Waals surface area contributed by atoms with Gasteiger partial charge in [-0.1, -0.05) is 23.4 Å². The molecule has 1 fully saturated rings. The molecule has 0 spiro atoms. The molecule has 10 heteroatoms. The number of allylic oxidation sites excluding steroid dienone is 3. The molecule has 0 aliphatic carbocycles. The van der Waals surface area contributed by atoms with Crippen LogP contribution in [0.25, 0.3) is 0 Å². The largest absolute Gasteiger partial charge is 0.508 e. The Bertz CT molecular complexity index is 1080. The van der Waals surface area contributed by atoms with Gasteiger partial charge in [0.2, 0.25) is 0 Å². The SMILES string of the molecule is CC(C)(C)OC(=O)N1CCN(C(=O)CO/N=C2\C=C\CC/C=C/CCOC(=O)c3ccc(O)cc3C2)CC1. The van der Waals surface area contributed by atoms with Crippen LogP contribution in [-0.4, -0.2) is 83.6 Å². The number of nitrogens with zero attached hydrogens (tertiary/aromatic N) is 3. The highest BCUT2D eigenvalue weighted by Crippen LogP contribution is 2.20. The number of carbonyl (C=O) groups excluding carboxylic acids is 3. The lowest BCUT2D eigenvalue weighted by molar-refractivity contribution is -0.137. The summed E-state index contributed by atoms with van der Waals surface area (Å²) in [5.74, 6) is -0.698. The average molecular weight is 528 g/mol. The summed E-state index contributed by atoms with van der Waals surface area (Å²) in [6.07, 6.45) is 9.80. The predicted octanol–water partition coefficient (Wildman–Crippen LogP) is 3.84. The Morgan fingerprint density at radius 3 is 2.45 bits per heavy atom. The fourth-order valence-corrected chi connectivity index (χ4v) is 3.91. The number of rotatable bonds is 3. The molecule has 1 saturated heterocycles. The van der Waals surface area contributed by atoms with Crippen molar-refractivity contribution in [1.82, 2.24) is 9.80 Å². The number of cyclic esters (lactones) is 1. The lowest BCUT2D eigenvalue weighted by Crippen LogP contribution is -2.52. The van der Waals surface area contributed by atoms with Gasteiger partial charge < -0.3 is 29.2 Å². The van der Waals surface area contributed by atoms with Crippen molar-refractivity contribution in [3.8, 4) is 5.75 Å². The van der Waals surface area contributed by atoms with E-state index in [1.165, 1.54) is 18.2 Å². The number of piperazine rings is 1. The van der Waals surface area contributed by atoms with E-state index < -0.39 is 17.7 Å². The third-order valence-electron chi connectivity index (χ3n) is 5.83. The van der Waals surface area contributed by atoms with E-state index in [0.717, 1.165) is 12.8 Å². The summed E-state index contributed by atoms with van der Waals surface area (Å²) in [5, 5.41) is 14.2. The Labute approximate surface area is 223 Å². The van der Waals surface area contributed by atoms with E-state index in [4.69, 9.17) is 14.3 Å². The zero-order valence-corrected chi connectivity index (χ0v) is 22.4. The Balaban J connectivity index is 1.63. The summed E-state index contributed by atoms with van der Waals surface area (Å²) in [5.41, 5.74) is 0.796. The van der Waals surface area contributed by atoms with Crippen LogP contribution in [0.1, 0.15) is 56.0 Å². The minimum absolute atomic E-state index is 0.0190. The lowest BCUT2D eigenvalue weighted by Gasteiger charge is -2.35. The Morgan fingerprint density at radius 2 is 1.71 bits per heavy atom. The quantitative estimate of drug-likeness (QED) is 0.360. The fraction of sp³-hybridized carbons (Fsp3) is 0.500. The highest BCUT2D eigenvalue weighted by molar-refractivity contribution is 5.99. The fourth-order valence-electron chi connectivity index (χ4n) is 3.91. The number of amides is 2. The molecule has 3 rings (SSSR count). The molecule has 0 saturated carbocycles. The van der Waals surface area contributed by atoms with Gasteiger partial charge in [0, 0.05) is 32.6 Å². The van der Waals surface area contributed by atoms with Gasteiger partial charge in [0.25, 0.3) is 5.91 Å². The predicted molar refractivity (Wildman–Crippen MR) is 142 cm³/mol. The van der Waals surface area contributed by atoms with Gasteiger partial charge in [-0.25, -0.2) is 9.59 Å². The summed E-state index contributed by atoms with van der Waals surface area (Å²) in [6.45, 7) is 6.95. The minimum Gasteiger partial charge on any atom is -0.508 e. The molecule has 2 heterocycles. The van der Waals surface area contributed by atoms with Crippen LogP contribution in [-0.2, 0) is 25.5 Å². The Hall–Kier alpha value is -3.82. The normalized spacial score (nSPS) is 20.1. The van der Waals surface area contributed by atoms with Crippen LogP contribution in [0.15, 0.2) is 47.7 Å². The second-order valence-corrected chi connectivity index (χ2v) is 10.1. The third kappa shape index (κ3) is 9.24. The van der Waals surface area contributed by atoms with Gasteiger partial charge in [-0.3, -0.25) is 4.79 Å². The number of hydrogen-bond donors (Lipinski definition) is 1. The number of hydrogen-bond acceptors (Lipinski definition) is 8. The Morgan fingerprint density at radius 1 is 1.03 bits per heavy atom.